The van der Waals surface area contributed by atoms with Crippen LogP contribution in [0.2, 0.25) is 0 Å². The highest BCUT2D eigenvalue weighted by molar-refractivity contribution is 4.94. The van der Waals surface area contributed by atoms with Gasteiger partial charge in [-0.05, 0) is 44.4 Å². The van der Waals surface area contributed by atoms with Gasteiger partial charge in [0.1, 0.15) is 0 Å². The second-order valence-electron chi connectivity index (χ2n) is 6.19. The molecule has 1 spiro atoms. The molecule has 1 aliphatic carbocycles. The molecule has 3 rings (SSSR count). The standard InChI is InChI=1S/C14H25NO2/c15-13-4-8-16-10-11(13)9-12-3-7-14(17-12)5-1-2-6-14/h11-13H,1-10,15H2. The van der Waals surface area contributed by atoms with E-state index in [1.54, 1.807) is 0 Å². The van der Waals surface area contributed by atoms with Gasteiger partial charge in [-0.15, -0.1) is 0 Å². The van der Waals surface area contributed by atoms with Gasteiger partial charge < -0.3 is 15.2 Å². The highest BCUT2D eigenvalue weighted by Crippen LogP contribution is 2.44. The van der Waals surface area contributed by atoms with E-state index in [1.807, 2.05) is 0 Å². The van der Waals surface area contributed by atoms with E-state index in [1.165, 1.54) is 38.5 Å². The fourth-order valence-electron chi connectivity index (χ4n) is 3.84. The Morgan fingerprint density at radius 3 is 2.71 bits per heavy atom. The minimum atomic E-state index is 0.268. The van der Waals surface area contributed by atoms with Gasteiger partial charge in [-0.3, -0.25) is 0 Å². The molecule has 2 aliphatic heterocycles. The molecule has 1 saturated carbocycles. The molecule has 3 atom stereocenters. The Kier molecular flexibility index (Phi) is 3.42. The highest BCUT2D eigenvalue weighted by Gasteiger charge is 2.43. The van der Waals surface area contributed by atoms with Gasteiger partial charge in [0.25, 0.3) is 0 Å². The van der Waals surface area contributed by atoms with Crippen LogP contribution in [0, 0.1) is 5.92 Å². The summed E-state index contributed by atoms with van der Waals surface area (Å²) < 4.78 is 11.9. The summed E-state index contributed by atoms with van der Waals surface area (Å²) in [5, 5.41) is 0. The van der Waals surface area contributed by atoms with Crippen molar-refractivity contribution in [3.63, 3.8) is 0 Å². The van der Waals surface area contributed by atoms with Crippen LogP contribution in [0.5, 0.6) is 0 Å². The number of nitrogens with two attached hydrogens (primary N) is 1. The quantitative estimate of drug-likeness (QED) is 0.803. The Morgan fingerprint density at radius 2 is 1.94 bits per heavy atom. The molecule has 2 heterocycles. The normalized spacial score (nSPS) is 41.1. The molecule has 2 N–H and O–H groups in total. The van der Waals surface area contributed by atoms with Crippen LogP contribution in [-0.4, -0.2) is 31.0 Å². The Labute approximate surface area is 104 Å². The van der Waals surface area contributed by atoms with Crippen LogP contribution in [0.3, 0.4) is 0 Å². The molecule has 3 nitrogen and oxygen atoms in total. The first-order valence-corrected chi connectivity index (χ1v) is 7.29. The molecule has 0 aromatic rings. The van der Waals surface area contributed by atoms with Crippen LogP contribution in [0.4, 0.5) is 0 Å². The van der Waals surface area contributed by atoms with Crippen LogP contribution >= 0.6 is 0 Å². The maximum absolute atomic E-state index is 6.35. The largest absolute Gasteiger partial charge is 0.381 e. The second kappa shape index (κ2) is 4.87. The zero-order valence-corrected chi connectivity index (χ0v) is 10.7. The maximum atomic E-state index is 6.35. The molecule has 0 aromatic carbocycles. The van der Waals surface area contributed by atoms with Crippen molar-refractivity contribution in [3.05, 3.63) is 0 Å². The van der Waals surface area contributed by atoms with Gasteiger partial charge in [0.2, 0.25) is 0 Å². The fraction of sp³-hybridized carbons (Fsp3) is 1.00. The third kappa shape index (κ3) is 2.51. The molecule has 3 aliphatic rings. The maximum Gasteiger partial charge on any atom is 0.0687 e. The van der Waals surface area contributed by atoms with Gasteiger partial charge in [0.15, 0.2) is 0 Å². The lowest BCUT2D eigenvalue weighted by Crippen LogP contribution is -2.40. The number of ether oxygens (including phenoxy) is 2. The summed E-state index contributed by atoms with van der Waals surface area (Å²) in [7, 11) is 0. The van der Waals surface area contributed by atoms with Gasteiger partial charge in [-0.25, -0.2) is 0 Å². The summed E-state index contributed by atoms with van der Waals surface area (Å²) in [6.45, 7) is 1.68. The van der Waals surface area contributed by atoms with Crippen molar-refractivity contribution in [1.82, 2.24) is 0 Å². The zero-order chi connectivity index (χ0) is 11.7. The van der Waals surface area contributed by atoms with E-state index in [2.05, 4.69) is 0 Å². The Morgan fingerprint density at radius 1 is 1.12 bits per heavy atom. The summed E-state index contributed by atoms with van der Waals surface area (Å²) in [5.41, 5.74) is 6.43. The fourth-order valence-corrected chi connectivity index (χ4v) is 3.84. The summed E-state index contributed by atoms with van der Waals surface area (Å²) in [5.74, 6) is 0.519. The van der Waals surface area contributed by atoms with E-state index in [-0.39, 0.29) is 5.60 Å². The molecule has 0 radical (unpaired) electrons. The summed E-state index contributed by atoms with van der Waals surface area (Å²) in [6, 6.07) is 0.326. The first-order valence-electron chi connectivity index (χ1n) is 7.29. The lowest BCUT2D eigenvalue weighted by atomic mass is 9.90. The highest BCUT2D eigenvalue weighted by atomic mass is 16.5. The third-order valence-electron chi connectivity index (χ3n) is 4.95. The number of hydrogen-bond donors (Lipinski definition) is 1. The summed E-state index contributed by atoms with van der Waals surface area (Å²) in [4.78, 5) is 0. The minimum Gasteiger partial charge on any atom is -0.381 e. The molecule has 3 unspecified atom stereocenters. The van der Waals surface area contributed by atoms with E-state index < -0.39 is 0 Å². The lowest BCUT2D eigenvalue weighted by Gasteiger charge is -2.31. The van der Waals surface area contributed by atoms with Crippen LogP contribution in [0.15, 0.2) is 0 Å². The number of hydrogen-bond acceptors (Lipinski definition) is 3. The van der Waals surface area contributed by atoms with Crippen molar-refractivity contribution < 1.29 is 9.47 Å². The predicted octanol–water partition coefficient (Wildman–Crippen LogP) is 2.23. The van der Waals surface area contributed by atoms with Gasteiger partial charge in [0, 0.05) is 12.6 Å². The molecule has 17 heavy (non-hydrogen) atoms. The average molecular weight is 239 g/mol. The Hall–Kier alpha value is -0.120. The zero-order valence-electron chi connectivity index (χ0n) is 10.7. The van der Waals surface area contributed by atoms with Crippen LogP contribution in [-0.2, 0) is 9.47 Å². The SMILES string of the molecule is NC1CCOCC1CC1CCC2(CCCC2)O1. The van der Waals surface area contributed by atoms with Gasteiger partial charge in [0.05, 0.1) is 18.3 Å². The third-order valence-corrected chi connectivity index (χ3v) is 4.95. The Balaban J connectivity index is 1.52. The molecule has 98 valence electrons. The molecule has 0 amide bonds. The predicted molar refractivity (Wildman–Crippen MR) is 66.8 cm³/mol. The van der Waals surface area contributed by atoms with Crippen molar-refractivity contribution in [2.45, 2.75) is 69.1 Å². The summed E-state index contributed by atoms with van der Waals surface area (Å²) in [6.07, 6.45) is 10.4. The topological polar surface area (TPSA) is 44.5 Å². The Bertz CT molecular complexity index is 263. The van der Waals surface area contributed by atoms with E-state index in [4.69, 9.17) is 15.2 Å². The van der Waals surface area contributed by atoms with Crippen LogP contribution in [0.1, 0.15) is 51.4 Å². The van der Waals surface area contributed by atoms with Crippen molar-refractivity contribution >= 4 is 0 Å². The second-order valence-corrected chi connectivity index (χ2v) is 6.19. The molecule has 0 aromatic heterocycles. The first kappa shape index (κ1) is 11.9. The van der Waals surface area contributed by atoms with Crippen molar-refractivity contribution in [2.24, 2.45) is 11.7 Å². The van der Waals surface area contributed by atoms with Gasteiger partial charge >= 0.3 is 0 Å². The average Bonchev–Trinajstić information content (AvgIpc) is 2.94. The lowest BCUT2D eigenvalue weighted by molar-refractivity contribution is -0.0568. The van der Waals surface area contributed by atoms with Crippen molar-refractivity contribution in [1.29, 1.82) is 0 Å². The van der Waals surface area contributed by atoms with Crippen LogP contribution in [0.25, 0.3) is 0 Å². The smallest absolute Gasteiger partial charge is 0.0687 e. The van der Waals surface area contributed by atoms with Gasteiger partial charge in [-0.2, -0.15) is 0 Å². The van der Waals surface area contributed by atoms with E-state index in [0.717, 1.165) is 26.1 Å². The molecule has 0 bridgehead atoms. The summed E-state index contributed by atoms with van der Waals surface area (Å²) >= 11 is 0. The van der Waals surface area contributed by atoms with Gasteiger partial charge in [-0.1, -0.05) is 12.8 Å². The van der Waals surface area contributed by atoms with Crippen LogP contribution < -0.4 is 5.73 Å². The molecular formula is C14H25NO2. The molecular weight excluding hydrogens is 214 g/mol. The van der Waals surface area contributed by atoms with Crippen molar-refractivity contribution in [3.8, 4) is 0 Å². The molecule has 3 heteroatoms. The first-order chi connectivity index (χ1) is 8.27. The monoisotopic (exact) mass is 239 g/mol. The van der Waals surface area contributed by atoms with Crippen molar-refractivity contribution in [2.75, 3.05) is 13.2 Å². The minimum absolute atomic E-state index is 0.268. The van der Waals surface area contributed by atoms with E-state index in [0.29, 0.717) is 18.1 Å². The molecule has 3 fully saturated rings. The van der Waals surface area contributed by atoms with E-state index in [9.17, 15) is 0 Å². The molecule has 2 saturated heterocycles. The number of rotatable bonds is 2. The van der Waals surface area contributed by atoms with E-state index >= 15 is 0 Å².